The molecule has 0 amide bonds. The molecule has 0 atom stereocenters. The second kappa shape index (κ2) is 19.3. The van der Waals surface area contributed by atoms with Crippen molar-refractivity contribution in [2.45, 2.75) is 108 Å². The van der Waals surface area contributed by atoms with Gasteiger partial charge in [-0.05, 0) is 87.0 Å². The lowest BCUT2D eigenvalue weighted by Crippen LogP contribution is -2.14. The summed E-state index contributed by atoms with van der Waals surface area (Å²) in [5.74, 6) is 0. The van der Waals surface area contributed by atoms with Crippen molar-refractivity contribution >= 4 is 0 Å². The Kier molecular flexibility index (Phi) is 18.0. The first-order valence-electron chi connectivity index (χ1n) is 14.9. The molecule has 2 heteroatoms. The van der Waals surface area contributed by atoms with Crippen LogP contribution in [0.25, 0.3) is 0 Å². The topological polar surface area (TPSA) is 24.1 Å². The van der Waals surface area contributed by atoms with Gasteiger partial charge in [-0.2, -0.15) is 0 Å². The Morgan fingerprint density at radius 1 is 0.897 bits per heavy atom. The van der Waals surface area contributed by atoms with Crippen molar-refractivity contribution in [1.82, 2.24) is 10.6 Å². The molecule has 2 N–H and O–H groups in total. The maximum absolute atomic E-state index is 4.08. The van der Waals surface area contributed by atoms with Crippen LogP contribution >= 0.6 is 0 Å². The average Bonchev–Trinajstić information content (AvgIpc) is 2.87. The minimum Gasteiger partial charge on any atom is -0.382 e. The van der Waals surface area contributed by atoms with Crippen LogP contribution in [0.4, 0.5) is 0 Å². The van der Waals surface area contributed by atoms with E-state index in [9.17, 15) is 0 Å². The highest BCUT2D eigenvalue weighted by molar-refractivity contribution is 5.34. The molecule has 0 radical (unpaired) electrons. The molecule has 0 rings (SSSR count). The van der Waals surface area contributed by atoms with Crippen LogP contribution in [0, 0.1) is 10.8 Å². The van der Waals surface area contributed by atoms with E-state index in [0.29, 0.717) is 0 Å². The largest absolute Gasteiger partial charge is 0.382 e. The summed E-state index contributed by atoms with van der Waals surface area (Å²) >= 11 is 0. The quantitative estimate of drug-likeness (QED) is 0.182. The Hall–Kier alpha value is -2.74. The summed E-state index contributed by atoms with van der Waals surface area (Å²) in [6.07, 6.45) is 29.1. The van der Waals surface area contributed by atoms with Crippen molar-refractivity contribution in [2.75, 3.05) is 6.54 Å². The van der Waals surface area contributed by atoms with Gasteiger partial charge in [0.25, 0.3) is 0 Å². The lowest BCUT2D eigenvalue weighted by Gasteiger charge is -2.26. The van der Waals surface area contributed by atoms with Gasteiger partial charge in [0, 0.05) is 24.1 Å². The Morgan fingerprint density at radius 2 is 1.56 bits per heavy atom. The van der Waals surface area contributed by atoms with Crippen LogP contribution in [0.3, 0.4) is 0 Å². The molecule has 218 valence electrons. The van der Waals surface area contributed by atoms with Crippen LogP contribution in [0.15, 0.2) is 107 Å². The van der Waals surface area contributed by atoms with Crippen molar-refractivity contribution in [3.63, 3.8) is 0 Å². The Bertz CT molecular complexity index is 979. The van der Waals surface area contributed by atoms with Gasteiger partial charge in [-0.3, -0.25) is 0 Å². The standard InChI is InChI=1S/C37H60N2/c1-13-17-18-19-20-22-33(24-26-36(8,9)10)35(15-3)39-28-25-34(29-30(5)6)38-27-21-23-32(14-2)31(7)37(11,12)16-4/h15,17-21,23-25,28-29,38-39H,5,13-14,16,22,26-27H2,1-4,6-12H3/b18-17-,20-19-,23-21-,28-25+,32-31+,33-24-,34-29+,35-15+. The molecule has 0 bridgehead atoms. The summed E-state index contributed by atoms with van der Waals surface area (Å²) in [6, 6.07) is 0. The number of hydrogen-bond acceptors (Lipinski definition) is 2. The Labute approximate surface area is 243 Å². The highest BCUT2D eigenvalue weighted by Crippen LogP contribution is 2.33. The number of hydrogen-bond donors (Lipinski definition) is 2. The monoisotopic (exact) mass is 532 g/mol. The molecule has 0 heterocycles. The van der Waals surface area contributed by atoms with Crippen LogP contribution in [0.2, 0.25) is 0 Å². The molecule has 0 spiro atoms. The Balaban J connectivity index is 5.61. The summed E-state index contributed by atoms with van der Waals surface area (Å²) in [4.78, 5) is 0. The normalized spacial score (nSPS) is 15.2. The fourth-order valence-electron chi connectivity index (χ4n) is 3.81. The fraction of sp³-hybridized carbons (Fsp3) is 0.514. The Morgan fingerprint density at radius 3 is 2.10 bits per heavy atom. The van der Waals surface area contributed by atoms with Gasteiger partial charge in [0.05, 0.1) is 0 Å². The first-order valence-corrected chi connectivity index (χ1v) is 14.9. The molecule has 2 nitrogen and oxygen atoms in total. The maximum Gasteiger partial charge on any atom is 0.0368 e. The molecule has 0 unspecified atom stereocenters. The van der Waals surface area contributed by atoms with Crippen LogP contribution in [0.5, 0.6) is 0 Å². The molecule has 0 aromatic heterocycles. The predicted molar refractivity (Wildman–Crippen MR) is 178 cm³/mol. The van der Waals surface area contributed by atoms with E-state index in [0.717, 1.165) is 55.6 Å². The summed E-state index contributed by atoms with van der Waals surface area (Å²) in [7, 11) is 0. The second-order valence-corrected chi connectivity index (χ2v) is 12.1. The highest BCUT2D eigenvalue weighted by atomic mass is 14.9. The summed E-state index contributed by atoms with van der Waals surface area (Å²) in [5.41, 5.74) is 7.89. The van der Waals surface area contributed by atoms with E-state index < -0.39 is 0 Å². The van der Waals surface area contributed by atoms with E-state index in [4.69, 9.17) is 0 Å². The first kappa shape index (κ1) is 36.3. The average molecular weight is 533 g/mol. The molecule has 0 fully saturated rings. The van der Waals surface area contributed by atoms with E-state index in [-0.39, 0.29) is 10.8 Å². The van der Waals surface area contributed by atoms with Gasteiger partial charge < -0.3 is 10.6 Å². The molecule has 0 saturated carbocycles. The molecule has 0 aromatic carbocycles. The van der Waals surface area contributed by atoms with Crippen LogP contribution in [-0.2, 0) is 0 Å². The minimum atomic E-state index is 0.231. The molecule has 0 aliphatic rings. The third-order valence-corrected chi connectivity index (χ3v) is 6.96. The zero-order valence-corrected chi connectivity index (χ0v) is 27.3. The minimum absolute atomic E-state index is 0.231. The van der Waals surface area contributed by atoms with Gasteiger partial charge in [0.2, 0.25) is 0 Å². The van der Waals surface area contributed by atoms with Crippen molar-refractivity contribution < 1.29 is 0 Å². The van der Waals surface area contributed by atoms with Gasteiger partial charge in [-0.1, -0.05) is 122 Å². The van der Waals surface area contributed by atoms with Crippen molar-refractivity contribution in [2.24, 2.45) is 10.8 Å². The zero-order chi connectivity index (χ0) is 29.9. The molecule has 39 heavy (non-hydrogen) atoms. The van der Waals surface area contributed by atoms with E-state index in [1.165, 1.54) is 16.7 Å². The fourth-order valence-corrected chi connectivity index (χ4v) is 3.81. The molecular weight excluding hydrogens is 472 g/mol. The summed E-state index contributed by atoms with van der Waals surface area (Å²) in [5, 5.41) is 7.09. The molecule has 0 aliphatic heterocycles. The van der Waals surface area contributed by atoms with Crippen molar-refractivity contribution in [1.29, 1.82) is 0 Å². The van der Waals surface area contributed by atoms with E-state index >= 15 is 0 Å². The van der Waals surface area contributed by atoms with Crippen LogP contribution < -0.4 is 10.6 Å². The first-order chi connectivity index (χ1) is 18.3. The van der Waals surface area contributed by atoms with E-state index in [2.05, 4.69) is 147 Å². The third-order valence-electron chi connectivity index (χ3n) is 6.96. The van der Waals surface area contributed by atoms with Gasteiger partial charge in [-0.25, -0.2) is 0 Å². The zero-order valence-electron chi connectivity index (χ0n) is 27.3. The SMILES string of the molecule is C=C(C)/C=C(\C=C\NC(=C/C)/C(=C\CC(C)(C)C)C/C=C\C=C/CC)NC/C=C\C(CC)=C(/C)C(C)(C)CC. The number of nitrogens with one attached hydrogen (secondary N) is 2. The maximum atomic E-state index is 4.08. The van der Waals surface area contributed by atoms with E-state index in [1.807, 2.05) is 13.1 Å². The smallest absolute Gasteiger partial charge is 0.0368 e. The van der Waals surface area contributed by atoms with Gasteiger partial charge >= 0.3 is 0 Å². The highest BCUT2D eigenvalue weighted by Gasteiger charge is 2.19. The number of allylic oxidation sites excluding steroid dienone is 13. The lowest BCUT2D eigenvalue weighted by molar-refractivity contribution is 0.419. The molecule has 0 aliphatic carbocycles. The number of rotatable bonds is 17. The van der Waals surface area contributed by atoms with Gasteiger partial charge in [0.15, 0.2) is 0 Å². The third kappa shape index (κ3) is 16.7. The van der Waals surface area contributed by atoms with Gasteiger partial charge in [-0.15, -0.1) is 0 Å². The second-order valence-electron chi connectivity index (χ2n) is 12.1. The van der Waals surface area contributed by atoms with Gasteiger partial charge in [0.1, 0.15) is 0 Å². The molecular formula is C37H60N2. The summed E-state index contributed by atoms with van der Waals surface area (Å²) < 4.78 is 0. The van der Waals surface area contributed by atoms with Crippen LogP contribution in [-0.4, -0.2) is 6.54 Å². The van der Waals surface area contributed by atoms with Crippen molar-refractivity contribution in [3.8, 4) is 0 Å². The molecule has 0 aromatic rings. The van der Waals surface area contributed by atoms with E-state index in [1.54, 1.807) is 0 Å². The summed E-state index contributed by atoms with van der Waals surface area (Å²) in [6.45, 7) is 29.4. The lowest BCUT2D eigenvalue weighted by atomic mass is 9.79. The van der Waals surface area contributed by atoms with Crippen molar-refractivity contribution in [3.05, 3.63) is 107 Å². The predicted octanol–water partition coefficient (Wildman–Crippen LogP) is 11.0. The van der Waals surface area contributed by atoms with Crippen LogP contribution in [0.1, 0.15) is 108 Å². The molecule has 0 saturated heterocycles.